The van der Waals surface area contributed by atoms with Crippen LogP contribution in [-0.2, 0) is 0 Å². The first kappa shape index (κ1) is 15.9. The minimum atomic E-state index is 0.0820. The van der Waals surface area contributed by atoms with E-state index in [1.807, 2.05) is 0 Å². The Bertz CT molecular complexity index is 918. The molecule has 1 saturated heterocycles. The Labute approximate surface area is 150 Å². The molecule has 3 aromatic rings. The molecule has 0 amide bonds. The van der Waals surface area contributed by atoms with Crippen LogP contribution in [0.5, 0.6) is 0 Å². The van der Waals surface area contributed by atoms with E-state index in [0.29, 0.717) is 0 Å². The van der Waals surface area contributed by atoms with Crippen LogP contribution in [0.15, 0.2) is 11.5 Å². The second-order valence-corrected chi connectivity index (χ2v) is 9.03. The summed E-state index contributed by atoms with van der Waals surface area (Å²) in [4.78, 5) is 11.6. The molecule has 0 unspecified atom stereocenters. The molecule has 0 atom stereocenters. The van der Waals surface area contributed by atoms with E-state index in [-0.39, 0.29) is 14.5 Å². The first-order chi connectivity index (χ1) is 11.8. The van der Waals surface area contributed by atoms with Crippen molar-refractivity contribution in [1.82, 2.24) is 19.6 Å². The summed E-state index contributed by atoms with van der Waals surface area (Å²) in [5.74, 6) is 1.04. The standard InChI is InChI=1S/C16H18N6SSe/c1-2-3-8-23-16-19-14-13-12(18-10-22(14)20-16)11(9-17)15(24-13)21-6-4-5-7-21/h10H,2-8H2,1H3. The van der Waals surface area contributed by atoms with Crippen LogP contribution in [0.3, 0.4) is 0 Å². The average molecular weight is 405 g/mol. The van der Waals surface area contributed by atoms with Crippen molar-refractivity contribution in [2.45, 2.75) is 37.8 Å². The topological polar surface area (TPSA) is 70.1 Å². The maximum atomic E-state index is 9.65. The molecule has 4 rings (SSSR count). The van der Waals surface area contributed by atoms with Crippen molar-refractivity contribution in [3.05, 3.63) is 11.9 Å². The molecule has 8 heteroatoms. The van der Waals surface area contributed by atoms with Crippen molar-refractivity contribution in [2.24, 2.45) is 0 Å². The van der Waals surface area contributed by atoms with E-state index < -0.39 is 0 Å². The summed E-state index contributed by atoms with van der Waals surface area (Å²) in [6, 6.07) is 2.39. The van der Waals surface area contributed by atoms with E-state index >= 15 is 0 Å². The van der Waals surface area contributed by atoms with Crippen LogP contribution in [0.1, 0.15) is 38.2 Å². The molecule has 0 radical (unpaired) electrons. The molecule has 3 aromatic heterocycles. The summed E-state index contributed by atoms with van der Waals surface area (Å²) in [6.45, 7) is 4.29. The zero-order valence-electron chi connectivity index (χ0n) is 13.5. The van der Waals surface area contributed by atoms with E-state index in [4.69, 9.17) is 4.98 Å². The molecule has 4 heterocycles. The van der Waals surface area contributed by atoms with Crippen molar-refractivity contribution in [2.75, 3.05) is 23.7 Å². The van der Waals surface area contributed by atoms with Gasteiger partial charge in [0.15, 0.2) is 0 Å². The van der Waals surface area contributed by atoms with Gasteiger partial charge in [-0.1, -0.05) is 0 Å². The molecule has 0 bridgehead atoms. The van der Waals surface area contributed by atoms with Gasteiger partial charge in [-0.25, -0.2) is 0 Å². The molecule has 0 aromatic carbocycles. The number of nitriles is 1. The Morgan fingerprint density at radius 2 is 2.21 bits per heavy atom. The number of anilines is 1. The summed E-state index contributed by atoms with van der Waals surface area (Å²) in [7, 11) is 0. The van der Waals surface area contributed by atoms with Crippen molar-refractivity contribution in [3.63, 3.8) is 0 Å². The molecule has 0 saturated carbocycles. The zero-order chi connectivity index (χ0) is 16.5. The molecule has 0 spiro atoms. The van der Waals surface area contributed by atoms with Gasteiger partial charge in [0, 0.05) is 0 Å². The minimum absolute atomic E-state index is 0.0820. The van der Waals surface area contributed by atoms with Gasteiger partial charge in [-0.15, -0.1) is 0 Å². The number of hydrogen-bond donors (Lipinski definition) is 0. The summed E-state index contributed by atoms with van der Waals surface area (Å²) in [6.07, 6.45) is 6.46. The first-order valence-electron chi connectivity index (χ1n) is 8.27. The monoisotopic (exact) mass is 406 g/mol. The Morgan fingerprint density at radius 1 is 1.38 bits per heavy atom. The van der Waals surface area contributed by atoms with Crippen LogP contribution < -0.4 is 4.90 Å². The molecular formula is C16H18N6SSe. The van der Waals surface area contributed by atoms with Gasteiger partial charge in [0.2, 0.25) is 0 Å². The van der Waals surface area contributed by atoms with Crippen molar-refractivity contribution < 1.29 is 0 Å². The number of unbranched alkanes of at least 4 members (excludes halogenated alkanes) is 1. The molecule has 6 nitrogen and oxygen atoms in total. The number of nitrogens with zero attached hydrogens (tertiary/aromatic N) is 6. The van der Waals surface area contributed by atoms with Crippen LogP contribution >= 0.6 is 11.8 Å². The fraction of sp³-hybridized carbons (Fsp3) is 0.500. The molecule has 0 aliphatic carbocycles. The molecule has 1 fully saturated rings. The SMILES string of the molecule is CCCCSc1nc2c3[se]c(N4CCCC4)c(C#N)c3ncn2n1. The number of fused-ring (bicyclic) bond motifs is 3. The predicted octanol–water partition coefficient (Wildman–Crippen LogP) is 2.70. The van der Waals surface area contributed by atoms with Crippen molar-refractivity contribution in [3.8, 4) is 6.07 Å². The molecule has 124 valence electrons. The number of rotatable bonds is 5. The zero-order valence-corrected chi connectivity index (χ0v) is 16.1. The Balaban J connectivity index is 1.80. The molecular weight excluding hydrogens is 387 g/mol. The summed E-state index contributed by atoms with van der Waals surface area (Å²) < 4.78 is 4.07. The number of aromatic nitrogens is 4. The van der Waals surface area contributed by atoms with Crippen LogP contribution in [0.4, 0.5) is 4.56 Å². The van der Waals surface area contributed by atoms with Gasteiger partial charge in [-0.3, -0.25) is 0 Å². The van der Waals surface area contributed by atoms with Crippen molar-refractivity contribution in [1.29, 1.82) is 5.26 Å². The third-order valence-corrected chi connectivity index (χ3v) is 7.73. The fourth-order valence-electron chi connectivity index (χ4n) is 2.95. The van der Waals surface area contributed by atoms with Crippen molar-refractivity contribution >= 4 is 46.3 Å². The first-order valence-corrected chi connectivity index (χ1v) is 11.0. The van der Waals surface area contributed by atoms with Crippen LogP contribution in [-0.4, -0.2) is 52.9 Å². The van der Waals surface area contributed by atoms with Gasteiger partial charge in [-0.2, -0.15) is 0 Å². The van der Waals surface area contributed by atoms with E-state index in [0.717, 1.165) is 45.0 Å². The van der Waals surface area contributed by atoms with Crippen LogP contribution in [0, 0.1) is 11.3 Å². The van der Waals surface area contributed by atoms with Gasteiger partial charge in [-0.05, 0) is 0 Å². The normalized spacial score (nSPS) is 14.8. The van der Waals surface area contributed by atoms with Crippen LogP contribution in [0.2, 0.25) is 0 Å². The van der Waals surface area contributed by atoms with Gasteiger partial charge in [0.25, 0.3) is 0 Å². The van der Waals surface area contributed by atoms with E-state index in [1.165, 1.54) is 30.2 Å². The Morgan fingerprint density at radius 3 is 2.96 bits per heavy atom. The third kappa shape index (κ3) is 2.71. The second-order valence-electron chi connectivity index (χ2n) is 5.88. The fourth-order valence-corrected chi connectivity index (χ4v) is 6.45. The Hall–Kier alpha value is -1.55. The molecule has 24 heavy (non-hydrogen) atoms. The van der Waals surface area contributed by atoms with Gasteiger partial charge in [0.1, 0.15) is 0 Å². The quantitative estimate of drug-likeness (QED) is 0.369. The third-order valence-electron chi connectivity index (χ3n) is 4.21. The molecule has 1 aliphatic heterocycles. The van der Waals surface area contributed by atoms with Gasteiger partial charge in [0.05, 0.1) is 0 Å². The predicted molar refractivity (Wildman–Crippen MR) is 97.0 cm³/mol. The molecule has 0 N–H and O–H groups in total. The summed E-state index contributed by atoms with van der Waals surface area (Å²) in [5.41, 5.74) is 2.45. The maximum absolute atomic E-state index is 9.65. The van der Waals surface area contributed by atoms with E-state index in [2.05, 4.69) is 28.0 Å². The van der Waals surface area contributed by atoms with Gasteiger partial charge < -0.3 is 0 Å². The second kappa shape index (κ2) is 6.75. The van der Waals surface area contributed by atoms with E-state index in [1.54, 1.807) is 22.6 Å². The summed E-state index contributed by atoms with van der Waals surface area (Å²) in [5, 5.41) is 15.0. The van der Waals surface area contributed by atoms with Gasteiger partial charge >= 0.3 is 151 Å². The average Bonchev–Trinajstić information content (AvgIpc) is 3.31. The van der Waals surface area contributed by atoms with E-state index in [9.17, 15) is 5.26 Å². The summed E-state index contributed by atoms with van der Waals surface area (Å²) >= 11 is 1.78. The number of thioether (sulfide) groups is 1. The molecule has 1 aliphatic rings. The van der Waals surface area contributed by atoms with Crippen LogP contribution in [0.25, 0.3) is 15.4 Å². The number of hydrogen-bond acceptors (Lipinski definition) is 6. The Kier molecular flexibility index (Phi) is 4.49.